The van der Waals surface area contributed by atoms with Crippen LogP contribution in [0, 0.1) is 5.41 Å². The minimum atomic E-state index is -0.809. The van der Waals surface area contributed by atoms with Crippen LogP contribution in [0.5, 0.6) is 17.2 Å². The first-order valence-electron chi connectivity index (χ1n) is 8.90. The van der Waals surface area contributed by atoms with Gasteiger partial charge in [-0.15, -0.1) is 0 Å². The van der Waals surface area contributed by atoms with Gasteiger partial charge >= 0.3 is 0 Å². The number of anilines is 1. The third-order valence-electron chi connectivity index (χ3n) is 4.68. The van der Waals surface area contributed by atoms with Crippen molar-refractivity contribution in [3.05, 3.63) is 48.0 Å². The van der Waals surface area contributed by atoms with Crippen molar-refractivity contribution in [3.63, 3.8) is 0 Å². The lowest BCUT2D eigenvalue weighted by atomic mass is 9.90. The molecule has 0 unspecified atom stereocenters. The number of carbonyl (C=O) groups excluding carboxylic acids is 1. The number of carbonyl (C=O) groups is 1. The standard InChI is InChI=1S/C21H25NO6/c1-21(20(23)22-15-7-10-17(25-3)18(11-15)26-4)12-27-19(28-13-21)14-5-8-16(24-2)9-6-14/h5-11,19H,12-13H2,1-4H3,(H,22,23). The second-order valence-electron chi connectivity index (χ2n) is 6.81. The van der Waals surface area contributed by atoms with E-state index in [9.17, 15) is 4.79 Å². The molecular formula is C21H25NO6. The van der Waals surface area contributed by atoms with Gasteiger partial charge in [0.2, 0.25) is 5.91 Å². The van der Waals surface area contributed by atoms with Crippen LogP contribution >= 0.6 is 0 Å². The van der Waals surface area contributed by atoms with Gasteiger partial charge in [0, 0.05) is 17.3 Å². The summed E-state index contributed by atoms with van der Waals surface area (Å²) < 4.78 is 27.3. The van der Waals surface area contributed by atoms with E-state index in [0.29, 0.717) is 17.2 Å². The van der Waals surface area contributed by atoms with Gasteiger partial charge in [0.05, 0.1) is 40.0 Å². The maximum atomic E-state index is 12.8. The van der Waals surface area contributed by atoms with E-state index in [0.717, 1.165) is 11.3 Å². The van der Waals surface area contributed by atoms with Crippen LogP contribution in [0.15, 0.2) is 42.5 Å². The molecule has 7 nitrogen and oxygen atoms in total. The van der Waals surface area contributed by atoms with Crippen LogP contribution in [0.4, 0.5) is 5.69 Å². The van der Waals surface area contributed by atoms with Crippen LogP contribution in [0.25, 0.3) is 0 Å². The quantitative estimate of drug-likeness (QED) is 0.819. The van der Waals surface area contributed by atoms with E-state index < -0.39 is 11.7 Å². The SMILES string of the molecule is COc1ccc(C2OCC(C)(C(=O)Nc3ccc(OC)c(OC)c3)CO2)cc1. The highest BCUT2D eigenvalue weighted by molar-refractivity contribution is 5.95. The van der Waals surface area contributed by atoms with Crippen LogP contribution < -0.4 is 19.5 Å². The van der Waals surface area contributed by atoms with E-state index in [2.05, 4.69) is 5.32 Å². The van der Waals surface area contributed by atoms with Gasteiger partial charge in [0.25, 0.3) is 0 Å². The first-order valence-corrected chi connectivity index (χ1v) is 8.90. The number of benzene rings is 2. The van der Waals surface area contributed by atoms with Gasteiger partial charge in [0.1, 0.15) is 5.75 Å². The van der Waals surface area contributed by atoms with Crippen LogP contribution in [0.2, 0.25) is 0 Å². The zero-order chi connectivity index (χ0) is 20.1. The molecule has 0 radical (unpaired) electrons. The Hall–Kier alpha value is -2.77. The van der Waals surface area contributed by atoms with Crippen molar-refractivity contribution in [1.82, 2.24) is 0 Å². The van der Waals surface area contributed by atoms with Gasteiger partial charge in [0.15, 0.2) is 17.8 Å². The molecule has 1 fully saturated rings. The Morgan fingerprint density at radius 1 is 0.964 bits per heavy atom. The third-order valence-corrected chi connectivity index (χ3v) is 4.68. The van der Waals surface area contributed by atoms with E-state index in [1.54, 1.807) is 39.5 Å². The van der Waals surface area contributed by atoms with Crippen molar-refractivity contribution >= 4 is 11.6 Å². The van der Waals surface area contributed by atoms with Gasteiger partial charge in [-0.1, -0.05) is 12.1 Å². The van der Waals surface area contributed by atoms with Crippen molar-refractivity contribution in [3.8, 4) is 17.2 Å². The molecule has 28 heavy (non-hydrogen) atoms. The number of hydrogen-bond acceptors (Lipinski definition) is 6. The van der Waals surface area contributed by atoms with Crippen LogP contribution in [-0.4, -0.2) is 40.5 Å². The molecule has 1 aliphatic rings. The average molecular weight is 387 g/mol. The maximum absolute atomic E-state index is 12.8. The normalized spacial score (nSPS) is 21.6. The van der Waals surface area contributed by atoms with Crippen molar-refractivity contribution in [1.29, 1.82) is 0 Å². The molecule has 1 amide bonds. The van der Waals surface area contributed by atoms with E-state index in [1.807, 2.05) is 31.2 Å². The van der Waals surface area contributed by atoms with Crippen molar-refractivity contribution in [2.75, 3.05) is 39.9 Å². The van der Waals surface area contributed by atoms with Crippen LogP contribution in [-0.2, 0) is 14.3 Å². The minimum Gasteiger partial charge on any atom is -0.497 e. The second-order valence-corrected chi connectivity index (χ2v) is 6.81. The van der Waals surface area contributed by atoms with Crippen molar-refractivity contribution < 1.29 is 28.5 Å². The molecule has 2 aromatic carbocycles. The molecule has 0 aliphatic carbocycles. The summed E-state index contributed by atoms with van der Waals surface area (Å²) in [6.45, 7) is 2.29. The highest BCUT2D eigenvalue weighted by atomic mass is 16.7. The van der Waals surface area contributed by atoms with Crippen LogP contribution in [0.3, 0.4) is 0 Å². The predicted octanol–water partition coefficient (Wildman–Crippen LogP) is 3.40. The summed E-state index contributed by atoms with van der Waals surface area (Å²) in [5.41, 5.74) is 0.681. The van der Waals surface area contributed by atoms with Crippen molar-refractivity contribution in [2.45, 2.75) is 13.2 Å². The number of hydrogen-bond donors (Lipinski definition) is 1. The zero-order valence-electron chi connectivity index (χ0n) is 16.5. The molecule has 0 bridgehead atoms. The summed E-state index contributed by atoms with van der Waals surface area (Å²) in [6.07, 6.45) is -0.507. The summed E-state index contributed by atoms with van der Waals surface area (Å²) in [4.78, 5) is 12.8. The first kappa shape index (κ1) is 20.0. The molecule has 1 aliphatic heterocycles. The van der Waals surface area contributed by atoms with Gasteiger partial charge in [-0.2, -0.15) is 0 Å². The first-order chi connectivity index (χ1) is 13.5. The number of rotatable bonds is 6. The fraction of sp³-hybridized carbons (Fsp3) is 0.381. The molecule has 0 atom stereocenters. The topological polar surface area (TPSA) is 75.3 Å². The lowest BCUT2D eigenvalue weighted by molar-refractivity contribution is -0.226. The number of ether oxygens (including phenoxy) is 5. The maximum Gasteiger partial charge on any atom is 0.235 e. The fourth-order valence-corrected chi connectivity index (χ4v) is 2.89. The predicted molar refractivity (Wildman–Crippen MR) is 104 cm³/mol. The average Bonchev–Trinajstić information content (AvgIpc) is 2.74. The van der Waals surface area contributed by atoms with Gasteiger partial charge in [-0.3, -0.25) is 4.79 Å². The Morgan fingerprint density at radius 2 is 1.61 bits per heavy atom. The third kappa shape index (κ3) is 4.21. The highest BCUT2D eigenvalue weighted by Crippen LogP contribution is 2.34. The monoisotopic (exact) mass is 387 g/mol. The molecule has 7 heteroatoms. The van der Waals surface area contributed by atoms with Crippen LogP contribution in [0.1, 0.15) is 18.8 Å². The van der Waals surface area contributed by atoms with E-state index in [-0.39, 0.29) is 19.1 Å². The Balaban J connectivity index is 1.63. The molecular weight excluding hydrogens is 362 g/mol. The van der Waals surface area contributed by atoms with E-state index in [1.165, 1.54) is 0 Å². The molecule has 0 aromatic heterocycles. The molecule has 3 rings (SSSR count). The lowest BCUT2D eigenvalue weighted by Crippen LogP contribution is -2.45. The molecule has 1 heterocycles. The molecule has 2 aromatic rings. The zero-order valence-corrected chi connectivity index (χ0v) is 16.5. The summed E-state index contributed by atoms with van der Waals surface area (Å²) in [5.74, 6) is 1.71. The Morgan fingerprint density at radius 3 is 2.18 bits per heavy atom. The summed E-state index contributed by atoms with van der Waals surface area (Å²) >= 11 is 0. The lowest BCUT2D eigenvalue weighted by Gasteiger charge is -2.36. The molecule has 1 N–H and O–H groups in total. The Bertz CT molecular complexity index is 812. The Labute approximate surface area is 164 Å². The summed E-state index contributed by atoms with van der Waals surface area (Å²) in [6, 6.07) is 12.7. The van der Waals surface area contributed by atoms with Gasteiger partial charge in [-0.25, -0.2) is 0 Å². The van der Waals surface area contributed by atoms with Gasteiger partial charge < -0.3 is 29.0 Å². The number of methoxy groups -OCH3 is 3. The second kappa shape index (κ2) is 8.50. The highest BCUT2D eigenvalue weighted by Gasteiger charge is 2.40. The summed E-state index contributed by atoms with van der Waals surface area (Å²) in [7, 11) is 4.73. The van der Waals surface area contributed by atoms with E-state index in [4.69, 9.17) is 23.7 Å². The fourth-order valence-electron chi connectivity index (χ4n) is 2.89. The largest absolute Gasteiger partial charge is 0.497 e. The molecule has 1 saturated heterocycles. The van der Waals surface area contributed by atoms with Crippen molar-refractivity contribution in [2.24, 2.45) is 5.41 Å². The number of amides is 1. The molecule has 150 valence electrons. The number of nitrogens with one attached hydrogen (secondary N) is 1. The molecule has 0 spiro atoms. The minimum absolute atomic E-state index is 0.187. The van der Waals surface area contributed by atoms with E-state index >= 15 is 0 Å². The summed E-state index contributed by atoms with van der Waals surface area (Å²) in [5, 5.41) is 2.90. The Kier molecular flexibility index (Phi) is 6.06. The van der Waals surface area contributed by atoms with Gasteiger partial charge in [-0.05, 0) is 31.2 Å². The smallest absolute Gasteiger partial charge is 0.235 e. The molecule has 0 saturated carbocycles.